The van der Waals surface area contributed by atoms with Gasteiger partial charge < -0.3 is 10.1 Å². The van der Waals surface area contributed by atoms with Crippen LogP contribution in [0.5, 0.6) is 5.75 Å². The minimum absolute atomic E-state index is 0.118. The van der Waals surface area contributed by atoms with Gasteiger partial charge in [-0.05, 0) is 50.1 Å². The first-order valence-electron chi connectivity index (χ1n) is 8.45. The number of halogens is 1. The predicted molar refractivity (Wildman–Crippen MR) is 104 cm³/mol. The topological polar surface area (TPSA) is 65.4 Å². The molecule has 1 aromatic heterocycles. The molecule has 2 aromatic rings. The first kappa shape index (κ1) is 18.7. The number of anilines is 1. The van der Waals surface area contributed by atoms with Crippen LogP contribution < -0.4 is 10.1 Å². The molecule has 0 fully saturated rings. The van der Waals surface area contributed by atoms with E-state index in [4.69, 9.17) is 16.3 Å². The average Bonchev–Trinajstić information content (AvgIpc) is 2.97. The number of thiophene rings is 1. The second kappa shape index (κ2) is 8.09. The van der Waals surface area contributed by atoms with Gasteiger partial charge in [0.15, 0.2) is 6.61 Å². The third-order valence-corrected chi connectivity index (χ3v) is 5.75. The second-order valence-corrected chi connectivity index (χ2v) is 7.97. The lowest BCUT2D eigenvalue weighted by molar-refractivity contribution is -0.118. The fourth-order valence-electron chi connectivity index (χ4n) is 2.91. The molecule has 0 saturated heterocycles. The van der Waals surface area contributed by atoms with E-state index in [0.717, 1.165) is 30.0 Å². The van der Waals surface area contributed by atoms with E-state index in [1.165, 1.54) is 11.3 Å². The van der Waals surface area contributed by atoms with Gasteiger partial charge in [0, 0.05) is 29.0 Å². The lowest BCUT2D eigenvalue weighted by Crippen LogP contribution is -2.35. The van der Waals surface area contributed by atoms with Crippen LogP contribution in [0.2, 0.25) is 5.02 Å². The molecule has 0 spiro atoms. The van der Waals surface area contributed by atoms with E-state index in [0.29, 0.717) is 27.4 Å². The molecule has 0 atom stereocenters. The zero-order valence-corrected chi connectivity index (χ0v) is 16.3. The number of carbonyl (C=O) groups excluding carboxylic acids is 1. The standard InChI is InChI=1S/C19H20ClN3O2S/c1-12(2)23-8-7-15-16(9-21)19(26-17(15)10-23)22-18(24)11-25-14-5-3-13(20)4-6-14/h3-6,12H,7-8,10-11H2,1-2H3,(H,22,24). The van der Waals surface area contributed by atoms with Crippen molar-refractivity contribution in [3.8, 4) is 11.8 Å². The highest BCUT2D eigenvalue weighted by Crippen LogP contribution is 2.37. The van der Waals surface area contributed by atoms with Gasteiger partial charge in [0.2, 0.25) is 0 Å². The van der Waals surface area contributed by atoms with Gasteiger partial charge >= 0.3 is 0 Å². The summed E-state index contributed by atoms with van der Waals surface area (Å²) < 4.78 is 5.46. The van der Waals surface area contributed by atoms with Crippen molar-refractivity contribution in [1.82, 2.24) is 4.90 Å². The summed E-state index contributed by atoms with van der Waals surface area (Å²) in [6.07, 6.45) is 0.837. The van der Waals surface area contributed by atoms with Gasteiger partial charge in [0.25, 0.3) is 5.91 Å². The maximum atomic E-state index is 12.2. The van der Waals surface area contributed by atoms with Crippen molar-refractivity contribution in [2.24, 2.45) is 0 Å². The third kappa shape index (κ3) is 4.18. The van der Waals surface area contributed by atoms with Crippen molar-refractivity contribution in [3.05, 3.63) is 45.3 Å². The normalized spacial score (nSPS) is 14.0. The molecule has 1 aliphatic heterocycles. The van der Waals surface area contributed by atoms with Crippen LogP contribution in [0.15, 0.2) is 24.3 Å². The Kier molecular flexibility index (Phi) is 5.82. The van der Waals surface area contributed by atoms with Crippen LogP contribution in [-0.4, -0.2) is 30.0 Å². The van der Waals surface area contributed by atoms with E-state index < -0.39 is 0 Å². The zero-order valence-electron chi connectivity index (χ0n) is 14.7. The fourth-order valence-corrected chi connectivity index (χ4v) is 4.28. The molecule has 2 heterocycles. The lowest BCUT2D eigenvalue weighted by Gasteiger charge is -2.30. The summed E-state index contributed by atoms with van der Waals surface area (Å²) in [6.45, 7) is 5.97. The Morgan fingerprint density at radius 2 is 2.15 bits per heavy atom. The molecular weight excluding hydrogens is 370 g/mol. The van der Waals surface area contributed by atoms with Gasteiger partial charge in [-0.15, -0.1) is 11.3 Å². The van der Waals surface area contributed by atoms with E-state index in [2.05, 4.69) is 30.1 Å². The summed E-state index contributed by atoms with van der Waals surface area (Å²) in [5, 5.41) is 13.6. The summed E-state index contributed by atoms with van der Waals surface area (Å²) in [5.74, 6) is 0.291. The number of benzene rings is 1. The van der Waals surface area contributed by atoms with Crippen molar-refractivity contribution >= 4 is 33.8 Å². The summed E-state index contributed by atoms with van der Waals surface area (Å²) in [6, 6.07) is 9.54. The number of amides is 1. The van der Waals surface area contributed by atoms with Crippen LogP contribution >= 0.6 is 22.9 Å². The summed E-state index contributed by atoms with van der Waals surface area (Å²) in [5.41, 5.74) is 1.66. The fraction of sp³-hybridized carbons (Fsp3) is 0.368. The number of hydrogen-bond acceptors (Lipinski definition) is 5. The van der Waals surface area contributed by atoms with Gasteiger partial charge in [-0.25, -0.2) is 0 Å². The highest BCUT2D eigenvalue weighted by molar-refractivity contribution is 7.16. The molecule has 5 nitrogen and oxygen atoms in total. The van der Waals surface area contributed by atoms with E-state index >= 15 is 0 Å². The molecule has 1 amide bonds. The molecule has 0 saturated carbocycles. The van der Waals surface area contributed by atoms with E-state index in [1.54, 1.807) is 24.3 Å². The molecular formula is C19H20ClN3O2S. The Morgan fingerprint density at radius 3 is 2.81 bits per heavy atom. The molecule has 0 radical (unpaired) electrons. The van der Waals surface area contributed by atoms with Crippen molar-refractivity contribution in [2.45, 2.75) is 32.9 Å². The summed E-state index contributed by atoms with van der Waals surface area (Å²) in [7, 11) is 0. The number of ether oxygens (including phenoxy) is 1. The Bertz CT molecular complexity index is 840. The summed E-state index contributed by atoms with van der Waals surface area (Å²) >= 11 is 7.32. The summed E-state index contributed by atoms with van der Waals surface area (Å²) in [4.78, 5) is 15.8. The van der Waals surface area contributed by atoms with Crippen LogP contribution in [-0.2, 0) is 17.8 Å². The van der Waals surface area contributed by atoms with Crippen molar-refractivity contribution < 1.29 is 9.53 Å². The minimum Gasteiger partial charge on any atom is -0.484 e. The Labute approximate surface area is 162 Å². The molecule has 0 bridgehead atoms. The van der Waals surface area contributed by atoms with Gasteiger partial charge in [-0.3, -0.25) is 9.69 Å². The van der Waals surface area contributed by atoms with Gasteiger partial charge in [0.05, 0.1) is 5.56 Å². The lowest BCUT2D eigenvalue weighted by atomic mass is 10.0. The molecule has 136 valence electrons. The Balaban J connectivity index is 1.67. The van der Waals surface area contributed by atoms with E-state index in [1.807, 2.05) is 0 Å². The third-order valence-electron chi connectivity index (χ3n) is 4.37. The van der Waals surface area contributed by atoms with Gasteiger partial charge in [-0.1, -0.05) is 11.6 Å². The van der Waals surface area contributed by atoms with Gasteiger partial charge in [-0.2, -0.15) is 5.26 Å². The molecule has 1 aromatic carbocycles. The van der Waals surface area contributed by atoms with Crippen LogP contribution in [0.4, 0.5) is 5.00 Å². The Hall–Kier alpha value is -2.07. The number of rotatable bonds is 5. The van der Waals surface area contributed by atoms with Crippen molar-refractivity contribution in [1.29, 1.82) is 5.26 Å². The van der Waals surface area contributed by atoms with Crippen LogP contribution in [0.25, 0.3) is 0 Å². The maximum Gasteiger partial charge on any atom is 0.262 e. The number of fused-ring (bicyclic) bond motifs is 1. The molecule has 0 unspecified atom stereocenters. The molecule has 0 aliphatic carbocycles. The number of nitrogens with zero attached hydrogens (tertiary/aromatic N) is 2. The molecule has 26 heavy (non-hydrogen) atoms. The first-order chi connectivity index (χ1) is 12.5. The van der Waals surface area contributed by atoms with E-state index in [9.17, 15) is 10.1 Å². The second-order valence-electron chi connectivity index (χ2n) is 6.42. The molecule has 7 heteroatoms. The molecule has 1 aliphatic rings. The van der Waals surface area contributed by atoms with E-state index in [-0.39, 0.29) is 12.5 Å². The number of carbonyl (C=O) groups is 1. The maximum absolute atomic E-state index is 12.2. The van der Waals surface area contributed by atoms with Crippen molar-refractivity contribution in [2.75, 3.05) is 18.5 Å². The van der Waals surface area contributed by atoms with Crippen molar-refractivity contribution in [3.63, 3.8) is 0 Å². The number of hydrogen-bond donors (Lipinski definition) is 1. The number of nitriles is 1. The monoisotopic (exact) mass is 389 g/mol. The predicted octanol–water partition coefficient (Wildman–Crippen LogP) is 4.06. The SMILES string of the molecule is CC(C)N1CCc2c(sc(NC(=O)COc3ccc(Cl)cc3)c2C#N)C1. The first-order valence-corrected chi connectivity index (χ1v) is 9.64. The van der Waals surface area contributed by atoms with Gasteiger partial charge in [0.1, 0.15) is 16.8 Å². The average molecular weight is 390 g/mol. The van der Waals surface area contributed by atoms with Crippen LogP contribution in [0, 0.1) is 11.3 Å². The van der Waals surface area contributed by atoms with Crippen LogP contribution in [0.1, 0.15) is 29.9 Å². The smallest absolute Gasteiger partial charge is 0.262 e. The molecule has 3 rings (SSSR count). The minimum atomic E-state index is -0.282. The highest BCUT2D eigenvalue weighted by Gasteiger charge is 2.26. The zero-order chi connectivity index (χ0) is 18.7. The van der Waals surface area contributed by atoms with Crippen LogP contribution in [0.3, 0.4) is 0 Å². The quantitative estimate of drug-likeness (QED) is 0.837. The largest absolute Gasteiger partial charge is 0.484 e. The number of nitrogens with one attached hydrogen (secondary N) is 1. The Morgan fingerprint density at radius 1 is 1.42 bits per heavy atom. The molecule has 1 N–H and O–H groups in total. The highest BCUT2D eigenvalue weighted by atomic mass is 35.5.